The zero-order chi connectivity index (χ0) is 14.2. The van der Waals surface area contributed by atoms with Gasteiger partial charge in [0.05, 0.1) is 6.04 Å². The number of halogens is 4. The van der Waals surface area contributed by atoms with Gasteiger partial charge in [0.1, 0.15) is 17.5 Å². The molecular formula is C14H11ClF3N. The van der Waals surface area contributed by atoms with E-state index < -0.39 is 23.5 Å². The van der Waals surface area contributed by atoms with Crippen molar-refractivity contribution in [2.45, 2.75) is 13.0 Å². The highest BCUT2D eigenvalue weighted by atomic mass is 35.5. The maximum Gasteiger partial charge on any atom is 0.128 e. The van der Waals surface area contributed by atoms with Crippen molar-refractivity contribution in [1.82, 2.24) is 0 Å². The highest BCUT2D eigenvalue weighted by Gasteiger charge is 2.18. The fraction of sp³-hybridized carbons (Fsp3) is 0.143. The first-order valence-corrected chi connectivity index (χ1v) is 5.94. The Bertz CT molecular complexity index is 628. The Balaban J connectivity index is 2.49. The second-order valence-corrected chi connectivity index (χ2v) is 4.67. The third-order valence-electron chi connectivity index (χ3n) is 2.91. The predicted octanol–water partition coefficient (Wildman–Crippen LogP) is 4.11. The Morgan fingerprint density at radius 2 is 1.68 bits per heavy atom. The molecule has 0 aromatic heterocycles. The van der Waals surface area contributed by atoms with Crippen molar-refractivity contribution < 1.29 is 13.2 Å². The molecule has 2 rings (SSSR count). The van der Waals surface area contributed by atoms with Crippen LogP contribution in [0.5, 0.6) is 0 Å². The quantitative estimate of drug-likeness (QED) is 0.883. The third kappa shape index (κ3) is 2.74. The Hall–Kier alpha value is -1.52. The SMILES string of the molecule is Cc1cc(F)c(C(N)c2ccc(F)cc2Cl)cc1F. The van der Waals surface area contributed by atoms with E-state index in [4.69, 9.17) is 17.3 Å². The molecule has 0 radical (unpaired) electrons. The standard InChI is InChI=1S/C14H11ClF3N/c1-7-4-13(18)10(6-12(7)17)14(19)9-3-2-8(16)5-11(9)15/h2-6,14H,19H2,1H3. The molecule has 2 aromatic carbocycles. The number of nitrogens with two attached hydrogens (primary N) is 1. The maximum absolute atomic E-state index is 13.8. The van der Waals surface area contributed by atoms with E-state index in [1.165, 1.54) is 19.1 Å². The summed E-state index contributed by atoms with van der Waals surface area (Å²) in [6, 6.07) is 4.77. The van der Waals surface area contributed by atoms with Gasteiger partial charge in [-0.05, 0) is 42.3 Å². The molecule has 0 fully saturated rings. The van der Waals surface area contributed by atoms with Gasteiger partial charge in [-0.2, -0.15) is 0 Å². The summed E-state index contributed by atoms with van der Waals surface area (Å²) in [5.74, 6) is -1.69. The maximum atomic E-state index is 13.8. The molecule has 19 heavy (non-hydrogen) atoms. The number of hydrogen-bond acceptors (Lipinski definition) is 1. The zero-order valence-electron chi connectivity index (χ0n) is 10.1. The number of benzene rings is 2. The minimum Gasteiger partial charge on any atom is -0.320 e. The molecule has 2 aromatic rings. The Labute approximate surface area is 113 Å². The van der Waals surface area contributed by atoms with E-state index in [0.717, 1.165) is 18.2 Å². The lowest BCUT2D eigenvalue weighted by molar-refractivity contribution is 0.570. The normalized spacial score (nSPS) is 12.5. The third-order valence-corrected chi connectivity index (χ3v) is 3.24. The Morgan fingerprint density at radius 1 is 1.00 bits per heavy atom. The minimum absolute atomic E-state index is 0.0170. The van der Waals surface area contributed by atoms with Crippen LogP contribution >= 0.6 is 11.6 Å². The summed E-state index contributed by atoms with van der Waals surface area (Å²) in [6.07, 6.45) is 0. The molecule has 1 unspecified atom stereocenters. The monoisotopic (exact) mass is 285 g/mol. The highest BCUT2D eigenvalue weighted by Crippen LogP contribution is 2.29. The second-order valence-electron chi connectivity index (χ2n) is 4.27. The molecule has 2 N–H and O–H groups in total. The van der Waals surface area contributed by atoms with Gasteiger partial charge in [-0.3, -0.25) is 0 Å². The summed E-state index contributed by atoms with van der Waals surface area (Å²) >= 11 is 5.86. The molecular weight excluding hydrogens is 275 g/mol. The van der Waals surface area contributed by atoms with Crippen LogP contribution in [0, 0.1) is 24.4 Å². The second kappa shape index (κ2) is 5.23. The van der Waals surface area contributed by atoms with Crippen molar-refractivity contribution in [3.63, 3.8) is 0 Å². The molecule has 0 saturated carbocycles. The van der Waals surface area contributed by atoms with Gasteiger partial charge in [0.25, 0.3) is 0 Å². The Morgan fingerprint density at radius 3 is 2.32 bits per heavy atom. The molecule has 0 aliphatic rings. The molecule has 0 aliphatic carbocycles. The first kappa shape index (κ1) is 13.9. The van der Waals surface area contributed by atoms with Crippen LogP contribution < -0.4 is 5.73 Å². The molecule has 0 spiro atoms. The van der Waals surface area contributed by atoms with Crippen LogP contribution in [0.25, 0.3) is 0 Å². The fourth-order valence-corrected chi connectivity index (χ4v) is 2.11. The molecule has 0 heterocycles. The van der Waals surface area contributed by atoms with Gasteiger partial charge in [-0.15, -0.1) is 0 Å². The summed E-state index contributed by atoms with van der Waals surface area (Å²) in [6.45, 7) is 1.46. The lowest BCUT2D eigenvalue weighted by Gasteiger charge is -2.16. The van der Waals surface area contributed by atoms with Crippen molar-refractivity contribution >= 4 is 11.6 Å². The lowest BCUT2D eigenvalue weighted by atomic mass is 9.97. The molecule has 100 valence electrons. The topological polar surface area (TPSA) is 26.0 Å². The van der Waals surface area contributed by atoms with Gasteiger partial charge in [0, 0.05) is 10.6 Å². The largest absolute Gasteiger partial charge is 0.320 e. The lowest BCUT2D eigenvalue weighted by Crippen LogP contribution is -2.15. The number of aryl methyl sites for hydroxylation is 1. The van der Waals surface area contributed by atoms with E-state index in [9.17, 15) is 13.2 Å². The van der Waals surface area contributed by atoms with Gasteiger partial charge in [0.2, 0.25) is 0 Å². The van der Waals surface area contributed by atoms with E-state index in [2.05, 4.69) is 0 Å². The average molecular weight is 286 g/mol. The van der Waals surface area contributed by atoms with Crippen LogP contribution in [0.1, 0.15) is 22.7 Å². The molecule has 0 amide bonds. The zero-order valence-corrected chi connectivity index (χ0v) is 10.8. The molecule has 0 saturated heterocycles. The average Bonchev–Trinajstić information content (AvgIpc) is 2.33. The smallest absolute Gasteiger partial charge is 0.128 e. The van der Waals surface area contributed by atoms with Crippen molar-refractivity contribution in [2.24, 2.45) is 5.73 Å². The highest BCUT2D eigenvalue weighted by molar-refractivity contribution is 6.31. The van der Waals surface area contributed by atoms with Crippen LogP contribution in [0.4, 0.5) is 13.2 Å². The molecule has 0 aliphatic heterocycles. The van der Waals surface area contributed by atoms with Crippen LogP contribution in [-0.2, 0) is 0 Å². The van der Waals surface area contributed by atoms with Crippen molar-refractivity contribution in [2.75, 3.05) is 0 Å². The summed E-state index contributed by atoms with van der Waals surface area (Å²) in [5, 5.41) is 0.0767. The summed E-state index contributed by atoms with van der Waals surface area (Å²) in [7, 11) is 0. The van der Waals surface area contributed by atoms with Gasteiger partial charge in [-0.25, -0.2) is 13.2 Å². The van der Waals surface area contributed by atoms with E-state index in [1.807, 2.05) is 0 Å². The molecule has 0 bridgehead atoms. The minimum atomic E-state index is -0.955. The van der Waals surface area contributed by atoms with E-state index in [1.54, 1.807) is 0 Å². The van der Waals surface area contributed by atoms with Crippen molar-refractivity contribution in [3.05, 3.63) is 69.5 Å². The van der Waals surface area contributed by atoms with Crippen LogP contribution in [0.3, 0.4) is 0 Å². The van der Waals surface area contributed by atoms with Gasteiger partial charge < -0.3 is 5.73 Å². The first-order valence-electron chi connectivity index (χ1n) is 5.56. The van der Waals surface area contributed by atoms with Crippen LogP contribution in [0.15, 0.2) is 30.3 Å². The molecule has 1 atom stereocenters. The van der Waals surface area contributed by atoms with Gasteiger partial charge in [0.15, 0.2) is 0 Å². The Kier molecular flexibility index (Phi) is 3.83. The van der Waals surface area contributed by atoms with Gasteiger partial charge in [-0.1, -0.05) is 17.7 Å². The summed E-state index contributed by atoms with van der Waals surface area (Å²) in [5.41, 5.74) is 6.39. The predicted molar refractivity (Wildman–Crippen MR) is 68.5 cm³/mol. The van der Waals surface area contributed by atoms with Crippen molar-refractivity contribution in [3.8, 4) is 0 Å². The number of rotatable bonds is 2. The molecule has 5 heteroatoms. The summed E-state index contributed by atoms with van der Waals surface area (Å²) in [4.78, 5) is 0. The van der Waals surface area contributed by atoms with Crippen molar-refractivity contribution in [1.29, 1.82) is 0 Å². The van der Waals surface area contributed by atoms with E-state index in [0.29, 0.717) is 5.56 Å². The number of hydrogen-bond donors (Lipinski definition) is 1. The summed E-state index contributed by atoms with van der Waals surface area (Å²) < 4.78 is 40.2. The first-order chi connectivity index (χ1) is 8.90. The fourth-order valence-electron chi connectivity index (χ4n) is 1.82. The molecule has 1 nitrogen and oxygen atoms in total. The van der Waals surface area contributed by atoms with E-state index in [-0.39, 0.29) is 16.1 Å². The van der Waals surface area contributed by atoms with Gasteiger partial charge >= 0.3 is 0 Å². The van der Waals surface area contributed by atoms with Crippen LogP contribution in [-0.4, -0.2) is 0 Å². The van der Waals surface area contributed by atoms with E-state index >= 15 is 0 Å². The van der Waals surface area contributed by atoms with Crippen LogP contribution in [0.2, 0.25) is 5.02 Å².